The number of fused-ring (bicyclic) bond motifs is 4. The molecule has 0 unspecified atom stereocenters. The van der Waals surface area contributed by atoms with Crippen LogP contribution in [0.1, 0.15) is 25.8 Å². The van der Waals surface area contributed by atoms with Crippen molar-refractivity contribution in [3.05, 3.63) is 96.1 Å². The summed E-state index contributed by atoms with van der Waals surface area (Å²) in [6.07, 6.45) is 9.82. The van der Waals surface area contributed by atoms with Gasteiger partial charge in [-0.1, -0.05) is 80.0 Å². The Morgan fingerprint density at radius 1 is 0.867 bits per heavy atom. The number of rotatable bonds is 1. The standard InChI is InChI=1S/C28H22BN/c1-28(2)23-11-7-4-8-12-26(23)30-25-14-13-20(29)17-21(25)22-15-19(16-24(28)27(22)30)18-9-5-3-6-10-18/h3-10,12-17H,11H2,1-2H3. The number of aromatic nitrogens is 1. The summed E-state index contributed by atoms with van der Waals surface area (Å²) in [5, 5.41) is 2.50. The van der Waals surface area contributed by atoms with Crippen molar-refractivity contribution in [3.63, 3.8) is 0 Å². The first-order valence-electron chi connectivity index (χ1n) is 10.6. The van der Waals surface area contributed by atoms with Crippen LogP contribution in [0.5, 0.6) is 0 Å². The molecular weight excluding hydrogens is 361 g/mol. The predicted molar refractivity (Wildman–Crippen MR) is 129 cm³/mol. The van der Waals surface area contributed by atoms with Gasteiger partial charge in [-0.3, -0.25) is 0 Å². The number of hydrogen-bond acceptors (Lipinski definition) is 0. The van der Waals surface area contributed by atoms with Crippen LogP contribution < -0.4 is 5.46 Å². The highest BCUT2D eigenvalue weighted by atomic mass is 15.0. The Morgan fingerprint density at radius 2 is 1.70 bits per heavy atom. The Kier molecular flexibility index (Phi) is 3.59. The van der Waals surface area contributed by atoms with E-state index in [0.717, 1.165) is 11.9 Å². The van der Waals surface area contributed by atoms with Gasteiger partial charge in [0.15, 0.2) is 0 Å². The van der Waals surface area contributed by atoms with Crippen molar-refractivity contribution in [2.24, 2.45) is 0 Å². The maximum absolute atomic E-state index is 6.23. The molecule has 1 aliphatic heterocycles. The molecule has 2 heteroatoms. The van der Waals surface area contributed by atoms with Gasteiger partial charge in [-0.2, -0.15) is 0 Å². The first-order valence-corrected chi connectivity index (χ1v) is 10.6. The molecule has 0 bridgehead atoms. The third-order valence-electron chi connectivity index (χ3n) is 6.79. The summed E-state index contributed by atoms with van der Waals surface area (Å²) in [6, 6.07) is 21.7. The van der Waals surface area contributed by atoms with E-state index in [4.69, 9.17) is 7.85 Å². The van der Waals surface area contributed by atoms with Crippen LogP contribution in [0.15, 0.2) is 90.5 Å². The number of allylic oxidation sites excluding steroid dienone is 6. The van der Waals surface area contributed by atoms with E-state index in [-0.39, 0.29) is 5.41 Å². The van der Waals surface area contributed by atoms with E-state index in [0.29, 0.717) is 0 Å². The molecule has 2 heterocycles. The van der Waals surface area contributed by atoms with Crippen LogP contribution in [0.3, 0.4) is 0 Å². The van der Waals surface area contributed by atoms with Gasteiger partial charge in [-0.25, -0.2) is 0 Å². The Bertz CT molecular complexity index is 1430. The predicted octanol–water partition coefficient (Wildman–Crippen LogP) is 6.27. The van der Waals surface area contributed by atoms with Gasteiger partial charge in [-0.15, -0.1) is 0 Å². The highest BCUT2D eigenvalue weighted by Gasteiger charge is 2.36. The summed E-state index contributed by atoms with van der Waals surface area (Å²) >= 11 is 0. The van der Waals surface area contributed by atoms with E-state index in [9.17, 15) is 0 Å². The van der Waals surface area contributed by atoms with Crippen molar-refractivity contribution < 1.29 is 0 Å². The van der Waals surface area contributed by atoms with Crippen LogP contribution in [-0.4, -0.2) is 12.4 Å². The summed E-state index contributed by atoms with van der Waals surface area (Å²) < 4.78 is 2.46. The van der Waals surface area contributed by atoms with Crippen LogP contribution in [0.4, 0.5) is 0 Å². The average Bonchev–Trinajstić information content (AvgIpc) is 2.90. The van der Waals surface area contributed by atoms with E-state index >= 15 is 0 Å². The molecule has 2 aliphatic rings. The van der Waals surface area contributed by atoms with E-state index in [1.807, 2.05) is 6.07 Å². The lowest BCUT2D eigenvalue weighted by molar-refractivity contribution is 0.606. The molecule has 0 spiro atoms. The molecule has 30 heavy (non-hydrogen) atoms. The highest BCUT2D eigenvalue weighted by Crippen LogP contribution is 2.50. The SMILES string of the molecule is [B]c1ccc2c(c1)c1cc(-c3ccccc3)cc3c1n2C1=C(CC=CC=C1)C3(C)C. The molecule has 1 aromatic heterocycles. The minimum absolute atomic E-state index is 0.0622. The number of benzene rings is 3. The van der Waals surface area contributed by atoms with Crippen molar-refractivity contribution in [3.8, 4) is 11.1 Å². The molecule has 1 aliphatic carbocycles. The van der Waals surface area contributed by atoms with Crippen LogP contribution in [-0.2, 0) is 5.41 Å². The molecule has 6 rings (SSSR count). The van der Waals surface area contributed by atoms with Crippen molar-refractivity contribution in [2.75, 3.05) is 0 Å². The monoisotopic (exact) mass is 383 g/mol. The number of nitrogens with zero attached hydrogens (tertiary/aromatic N) is 1. The molecule has 0 saturated carbocycles. The molecule has 0 atom stereocenters. The zero-order valence-electron chi connectivity index (χ0n) is 17.3. The van der Waals surface area contributed by atoms with Crippen LogP contribution in [0.2, 0.25) is 0 Å². The highest BCUT2D eigenvalue weighted by molar-refractivity contribution is 6.34. The second kappa shape index (κ2) is 6.12. The quantitative estimate of drug-likeness (QED) is 0.341. The van der Waals surface area contributed by atoms with Crippen molar-refractivity contribution in [1.82, 2.24) is 4.57 Å². The molecule has 0 fully saturated rings. The van der Waals surface area contributed by atoms with Crippen LogP contribution in [0, 0.1) is 0 Å². The maximum Gasteiger partial charge on any atom is 0.113 e. The van der Waals surface area contributed by atoms with Gasteiger partial charge in [-0.05, 0) is 53.0 Å². The molecule has 1 nitrogen and oxygen atoms in total. The lowest BCUT2D eigenvalue weighted by atomic mass is 9.72. The zero-order chi connectivity index (χ0) is 20.5. The molecule has 0 N–H and O–H groups in total. The fourth-order valence-electron chi connectivity index (χ4n) is 5.25. The minimum atomic E-state index is -0.0622. The lowest BCUT2D eigenvalue weighted by Crippen LogP contribution is -2.27. The van der Waals surface area contributed by atoms with Crippen LogP contribution in [0.25, 0.3) is 38.6 Å². The lowest BCUT2D eigenvalue weighted by Gasteiger charge is -2.36. The van der Waals surface area contributed by atoms with Gasteiger partial charge in [0.25, 0.3) is 0 Å². The molecule has 0 amide bonds. The maximum atomic E-state index is 6.23. The Morgan fingerprint density at radius 3 is 2.53 bits per heavy atom. The second-order valence-electron chi connectivity index (χ2n) is 8.88. The fourth-order valence-corrected chi connectivity index (χ4v) is 5.25. The summed E-state index contributed by atoms with van der Waals surface area (Å²) in [5.41, 5.74) is 9.93. The summed E-state index contributed by atoms with van der Waals surface area (Å²) in [4.78, 5) is 0. The normalized spacial score (nSPS) is 16.9. The smallest absolute Gasteiger partial charge is 0.113 e. The molecule has 0 saturated heterocycles. The zero-order valence-corrected chi connectivity index (χ0v) is 17.3. The van der Waals surface area contributed by atoms with E-state index < -0.39 is 0 Å². The minimum Gasteiger partial charge on any atom is -0.309 e. The fraction of sp³-hybridized carbons (Fsp3) is 0.143. The molecule has 3 aromatic carbocycles. The Hall–Kier alpha value is -3.26. The van der Waals surface area contributed by atoms with Gasteiger partial charge < -0.3 is 4.57 Å². The topological polar surface area (TPSA) is 4.93 Å². The van der Waals surface area contributed by atoms with Gasteiger partial charge in [0, 0.05) is 21.9 Å². The summed E-state index contributed by atoms with van der Waals surface area (Å²) in [7, 11) is 6.23. The second-order valence-corrected chi connectivity index (χ2v) is 8.88. The Balaban J connectivity index is 1.82. The molecule has 4 aromatic rings. The first kappa shape index (κ1) is 17.6. The molecule has 142 valence electrons. The van der Waals surface area contributed by atoms with E-state index in [1.54, 1.807) is 0 Å². The first-order chi connectivity index (χ1) is 14.6. The van der Waals surface area contributed by atoms with Gasteiger partial charge in [0.05, 0.1) is 11.0 Å². The largest absolute Gasteiger partial charge is 0.309 e. The van der Waals surface area contributed by atoms with Crippen molar-refractivity contribution in [2.45, 2.75) is 25.7 Å². The third kappa shape index (κ3) is 2.31. The van der Waals surface area contributed by atoms with E-state index in [1.165, 1.54) is 49.8 Å². The average molecular weight is 383 g/mol. The van der Waals surface area contributed by atoms with Crippen molar-refractivity contribution >= 4 is 40.8 Å². The van der Waals surface area contributed by atoms with Crippen LogP contribution >= 0.6 is 0 Å². The van der Waals surface area contributed by atoms with Gasteiger partial charge in [0.2, 0.25) is 0 Å². The molecular formula is C28H22BN. The van der Waals surface area contributed by atoms with Gasteiger partial charge in [0.1, 0.15) is 7.85 Å². The van der Waals surface area contributed by atoms with Gasteiger partial charge >= 0.3 is 0 Å². The Labute approximate surface area is 178 Å². The summed E-state index contributed by atoms with van der Waals surface area (Å²) in [5.74, 6) is 0. The number of hydrogen-bond donors (Lipinski definition) is 0. The molecule has 2 radical (unpaired) electrons. The summed E-state index contributed by atoms with van der Waals surface area (Å²) in [6.45, 7) is 4.74. The van der Waals surface area contributed by atoms with E-state index in [2.05, 4.69) is 97.3 Å². The third-order valence-corrected chi connectivity index (χ3v) is 6.79. The van der Waals surface area contributed by atoms with Crippen molar-refractivity contribution in [1.29, 1.82) is 0 Å².